The molecule has 1 heterocycles. The van der Waals surface area contributed by atoms with E-state index in [0.29, 0.717) is 0 Å². The van der Waals surface area contributed by atoms with Crippen LogP contribution in [0.2, 0.25) is 0 Å². The normalized spacial score (nSPS) is 14.9. The molecule has 10 rings (SSSR count). The number of methoxy groups -OCH3 is 1. The predicted molar refractivity (Wildman–Crippen MR) is 233 cm³/mol. The second-order valence-electron chi connectivity index (χ2n) is 15.0. The van der Waals surface area contributed by atoms with Crippen molar-refractivity contribution >= 4 is 33.9 Å². The largest absolute Gasteiger partial charge is 0.497 e. The van der Waals surface area contributed by atoms with Crippen molar-refractivity contribution in [3.05, 3.63) is 203 Å². The molecule has 1 aliphatic heterocycles. The fourth-order valence-electron chi connectivity index (χ4n) is 9.23. The third-order valence-corrected chi connectivity index (χ3v) is 11.6. The standard InChI is InChI=1S/C53H41NO2/c1-34-32-35(2)48(36(3)33-34)51-47-30-31-53(38-24-28-42(55-4)29-25-38,56-52(47)46-21-13-20-44-43-18-11-12-19-45(43)50(51)49(44)46)37-22-26-41(27-23-37)54(39-14-7-5-8-15-39)40-16-9-6-10-17-40/h5-33H,1-4H3. The van der Waals surface area contributed by atoms with Crippen LogP contribution >= 0.6 is 0 Å². The first kappa shape index (κ1) is 33.7. The summed E-state index contributed by atoms with van der Waals surface area (Å²) in [4.78, 5) is 2.29. The van der Waals surface area contributed by atoms with E-state index in [0.717, 1.165) is 50.6 Å². The van der Waals surface area contributed by atoms with E-state index in [1.165, 1.54) is 55.5 Å². The fraction of sp³-hybridized carbons (Fsp3) is 0.0943. The minimum Gasteiger partial charge on any atom is -0.497 e. The predicted octanol–water partition coefficient (Wildman–Crippen LogP) is 13.9. The zero-order chi connectivity index (χ0) is 38.0. The van der Waals surface area contributed by atoms with Gasteiger partial charge in [-0.05, 0) is 120 Å². The maximum Gasteiger partial charge on any atom is 0.178 e. The average molecular weight is 724 g/mol. The van der Waals surface area contributed by atoms with Gasteiger partial charge in [0, 0.05) is 50.1 Å². The Morgan fingerprint density at radius 2 is 1.07 bits per heavy atom. The van der Waals surface area contributed by atoms with Crippen LogP contribution in [0.5, 0.6) is 11.5 Å². The number of benzene rings is 8. The molecule has 0 amide bonds. The lowest BCUT2D eigenvalue weighted by molar-refractivity contribution is 0.163. The summed E-state index contributed by atoms with van der Waals surface area (Å²) in [7, 11) is 1.71. The number of nitrogens with zero attached hydrogens (tertiary/aromatic N) is 1. The number of anilines is 3. The second-order valence-corrected chi connectivity index (χ2v) is 15.0. The van der Waals surface area contributed by atoms with Crippen LogP contribution in [0.1, 0.15) is 33.4 Å². The molecule has 2 aliphatic rings. The van der Waals surface area contributed by atoms with Gasteiger partial charge < -0.3 is 14.4 Å². The number of fused-ring (bicyclic) bond motifs is 5. The topological polar surface area (TPSA) is 21.7 Å². The molecule has 3 nitrogen and oxygen atoms in total. The number of hydrogen-bond acceptors (Lipinski definition) is 3. The minimum atomic E-state index is -0.928. The van der Waals surface area contributed by atoms with Crippen molar-refractivity contribution in [1.29, 1.82) is 0 Å². The summed E-state index contributed by atoms with van der Waals surface area (Å²) in [6, 6.07) is 58.4. The number of rotatable bonds is 7. The van der Waals surface area contributed by atoms with Crippen molar-refractivity contribution in [2.24, 2.45) is 0 Å². The zero-order valence-corrected chi connectivity index (χ0v) is 32.0. The van der Waals surface area contributed by atoms with Gasteiger partial charge in [-0.15, -0.1) is 0 Å². The van der Waals surface area contributed by atoms with Gasteiger partial charge in [0.15, 0.2) is 5.60 Å². The van der Waals surface area contributed by atoms with Crippen molar-refractivity contribution < 1.29 is 9.47 Å². The monoisotopic (exact) mass is 723 g/mol. The van der Waals surface area contributed by atoms with Gasteiger partial charge in [0.25, 0.3) is 0 Å². The second kappa shape index (κ2) is 13.2. The molecule has 0 saturated heterocycles. The highest BCUT2D eigenvalue weighted by atomic mass is 16.5. The lowest BCUT2D eigenvalue weighted by atomic mass is 9.79. The molecule has 270 valence electrons. The smallest absolute Gasteiger partial charge is 0.178 e. The number of hydrogen-bond donors (Lipinski definition) is 0. The number of aryl methyl sites for hydroxylation is 3. The molecular weight excluding hydrogens is 683 g/mol. The first-order valence-corrected chi connectivity index (χ1v) is 19.3. The van der Waals surface area contributed by atoms with E-state index >= 15 is 0 Å². The number of ether oxygens (including phenoxy) is 2. The first-order chi connectivity index (χ1) is 27.4. The molecule has 0 spiro atoms. The molecule has 8 aromatic rings. The van der Waals surface area contributed by atoms with Crippen molar-refractivity contribution in [3.8, 4) is 44.9 Å². The van der Waals surface area contributed by atoms with Crippen LogP contribution in [0.4, 0.5) is 17.1 Å². The molecule has 0 N–H and O–H groups in total. The third-order valence-electron chi connectivity index (χ3n) is 11.6. The van der Waals surface area contributed by atoms with E-state index in [-0.39, 0.29) is 0 Å². The van der Waals surface area contributed by atoms with Gasteiger partial charge in [0.1, 0.15) is 11.5 Å². The highest BCUT2D eigenvalue weighted by Crippen LogP contribution is 2.59. The first-order valence-electron chi connectivity index (χ1n) is 19.3. The van der Waals surface area contributed by atoms with E-state index in [1.54, 1.807) is 7.11 Å². The maximum atomic E-state index is 7.71. The van der Waals surface area contributed by atoms with Crippen LogP contribution in [-0.4, -0.2) is 7.11 Å². The molecule has 56 heavy (non-hydrogen) atoms. The van der Waals surface area contributed by atoms with E-state index in [4.69, 9.17) is 9.47 Å². The Morgan fingerprint density at radius 3 is 1.70 bits per heavy atom. The van der Waals surface area contributed by atoms with Gasteiger partial charge in [0.2, 0.25) is 0 Å². The summed E-state index contributed by atoms with van der Waals surface area (Å²) >= 11 is 0. The van der Waals surface area contributed by atoms with Gasteiger partial charge in [0.05, 0.1) is 7.11 Å². The summed E-state index contributed by atoms with van der Waals surface area (Å²) in [6.07, 6.45) is 4.60. The molecular formula is C53H41NO2. The van der Waals surface area contributed by atoms with Gasteiger partial charge in [-0.2, -0.15) is 0 Å². The summed E-state index contributed by atoms with van der Waals surface area (Å²) in [5, 5.41) is 2.37. The highest BCUT2D eigenvalue weighted by Gasteiger charge is 2.41. The van der Waals surface area contributed by atoms with E-state index in [9.17, 15) is 0 Å². The van der Waals surface area contributed by atoms with Gasteiger partial charge in [-0.25, -0.2) is 0 Å². The Kier molecular flexibility index (Phi) is 7.93. The molecule has 8 aromatic carbocycles. The molecule has 0 saturated carbocycles. The van der Waals surface area contributed by atoms with Crippen molar-refractivity contribution in [2.75, 3.05) is 12.0 Å². The van der Waals surface area contributed by atoms with Crippen LogP contribution in [0.15, 0.2) is 170 Å². The van der Waals surface area contributed by atoms with Crippen LogP contribution in [-0.2, 0) is 5.60 Å². The van der Waals surface area contributed by atoms with Crippen LogP contribution < -0.4 is 14.4 Å². The van der Waals surface area contributed by atoms with Crippen LogP contribution in [0, 0.1) is 20.8 Å². The molecule has 1 aliphatic carbocycles. The van der Waals surface area contributed by atoms with Gasteiger partial charge >= 0.3 is 0 Å². The van der Waals surface area contributed by atoms with E-state index in [2.05, 4.69) is 189 Å². The Morgan fingerprint density at radius 1 is 0.518 bits per heavy atom. The Bertz CT molecular complexity index is 2760. The lowest BCUT2D eigenvalue weighted by Gasteiger charge is -2.38. The summed E-state index contributed by atoms with van der Waals surface area (Å²) in [5.74, 6) is 1.70. The van der Waals surface area contributed by atoms with E-state index < -0.39 is 5.60 Å². The van der Waals surface area contributed by atoms with Gasteiger partial charge in [-0.1, -0.05) is 121 Å². The SMILES string of the molecule is COc1ccc(C2(c3ccc(N(c4ccccc4)c4ccccc4)cc3)C=Cc3c(-c4c(C)cc(C)cc4C)c4c5c(cccc5c3O2)-c2ccccc2-4)cc1. The summed E-state index contributed by atoms with van der Waals surface area (Å²) < 4.78 is 13.3. The average Bonchev–Trinajstić information content (AvgIpc) is 3.57. The molecule has 0 radical (unpaired) electrons. The molecule has 0 aromatic heterocycles. The Labute approximate surface area is 328 Å². The lowest BCUT2D eigenvalue weighted by Crippen LogP contribution is -2.34. The highest BCUT2D eigenvalue weighted by molar-refractivity contribution is 6.23. The summed E-state index contributed by atoms with van der Waals surface area (Å²) in [5.41, 5.74) is 16.9. The van der Waals surface area contributed by atoms with Crippen molar-refractivity contribution in [2.45, 2.75) is 26.4 Å². The summed E-state index contributed by atoms with van der Waals surface area (Å²) in [6.45, 7) is 6.68. The van der Waals surface area contributed by atoms with Crippen LogP contribution in [0.3, 0.4) is 0 Å². The van der Waals surface area contributed by atoms with Crippen LogP contribution in [0.25, 0.3) is 50.2 Å². The Balaban J connectivity index is 1.22. The number of para-hydroxylation sites is 2. The van der Waals surface area contributed by atoms with Gasteiger partial charge in [-0.3, -0.25) is 0 Å². The fourth-order valence-corrected chi connectivity index (χ4v) is 9.23. The van der Waals surface area contributed by atoms with E-state index in [1.807, 2.05) is 12.1 Å². The molecule has 1 unspecified atom stereocenters. The zero-order valence-electron chi connectivity index (χ0n) is 32.0. The third kappa shape index (κ3) is 5.19. The minimum absolute atomic E-state index is 0.803. The maximum absolute atomic E-state index is 7.71. The van der Waals surface area contributed by atoms with Crippen molar-refractivity contribution in [1.82, 2.24) is 0 Å². The Hall–Kier alpha value is -6.84. The quantitative estimate of drug-likeness (QED) is 0.163. The molecule has 1 atom stereocenters. The molecule has 3 heteroatoms. The molecule has 0 bridgehead atoms. The van der Waals surface area contributed by atoms with Crippen molar-refractivity contribution in [3.63, 3.8) is 0 Å². The molecule has 0 fully saturated rings.